The molecule has 0 bridgehead atoms. The van der Waals surface area contributed by atoms with Crippen LogP contribution in [0.5, 0.6) is 11.5 Å². The molecule has 108 valence electrons. The van der Waals surface area contributed by atoms with Crippen molar-refractivity contribution in [3.8, 4) is 11.5 Å². The molecule has 2 aromatic rings. The Bertz CT molecular complexity index is 642. The molecule has 0 unspecified atom stereocenters. The highest BCUT2D eigenvalue weighted by Gasteiger charge is 2.09. The van der Waals surface area contributed by atoms with Gasteiger partial charge in [-0.05, 0) is 35.9 Å². The van der Waals surface area contributed by atoms with Crippen LogP contribution in [0.25, 0.3) is 0 Å². The quantitative estimate of drug-likeness (QED) is 0.672. The molecule has 0 radical (unpaired) electrons. The maximum absolute atomic E-state index is 12.0. The summed E-state index contributed by atoms with van der Waals surface area (Å²) in [5.74, 6) is 0.721. The lowest BCUT2D eigenvalue weighted by Crippen LogP contribution is -2.17. The highest BCUT2D eigenvalue weighted by Crippen LogP contribution is 2.27. The van der Waals surface area contributed by atoms with E-state index in [0.717, 1.165) is 5.56 Å². The Hall–Kier alpha value is -2.89. The molecule has 0 saturated carbocycles. The zero-order chi connectivity index (χ0) is 15.1. The van der Waals surface area contributed by atoms with Crippen LogP contribution in [0.15, 0.2) is 47.8 Å². The first kappa shape index (κ1) is 14.5. The lowest BCUT2D eigenvalue weighted by Gasteiger charge is -2.08. The molecular weight excluding hydrogens is 270 g/mol. The van der Waals surface area contributed by atoms with Crippen LogP contribution < -0.4 is 14.9 Å². The van der Waals surface area contributed by atoms with Gasteiger partial charge in [0.05, 0.1) is 20.4 Å². The van der Waals surface area contributed by atoms with Crippen molar-refractivity contribution in [2.45, 2.75) is 0 Å². The van der Waals surface area contributed by atoms with Crippen LogP contribution in [0.1, 0.15) is 15.9 Å². The van der Waals surface area contributed by atoms with Gasteiger partial charge in [0.25, 0.3) is 5.91 Å². The molecule has 6 heteroatoms. The molecule has 1 aromatic carbocycles. The van der Waals surface area contributed by atoms with E-state index in [-0.39, 0.29) is 5.91 Å². The van der Waals surface area contributed by atoms with Crippen molar-refractivity contribution in [2.24, 2.45) is 5.10 Å². The molecule has 0 aliphatic heterocycles. The molecule has 0 saturated heterocycles. The Balaban J connectivity index is 2.05. The van der Waals surface area contributed by atoms with Gasteiger partial charge in [-0.2, -0.15) is 5.10 Å². The number of ether oxygens (including phenoxy) is 2. The second-order valence-electron chi connectivity index (χ2n) is 4.05. The number of methoxy groups -OCH3 is 2. The minimum absolute atomic E-state index is 0.332. The fourth-order valence-electron chi connectivity index (χ4n) is 1.66. The van der Waals surface area contributed by atoms with E-state index in [1.807, 2.05) is 0 Å². The second-order valence-corrected chi connectivity index (χ2v) is 4.05. The highest BCUT2D eigenvalue weighted by molar-refractivity contribution is 5.95. The van der Waals surface area contributed by atoms with Crippen molar-refractivity contribution >= 4 is 12.1 Å². The number of pyridine rings is 1. The summed E-state index contributed by atoms with van der Waals surface area (Å²) in [5.41, 5.74) is 3.73. The van der Waals surface area contributed by atoms with Crippen LogP contribution in [-0.4, -0.2) is 31.3 Å². The van der Waals surface area contributed by atoms with Crippen LogP contribution >= 0.6 is 0 Å². The number of hydrogen-bond donors (Lipinski definition) is 1. The standard InChI is InChI=1S/C15H15N3O3/c1-20-13-4-3-12(9-14(13)21-2)15(19)18-17-10-11-5-7-16-8-6-11/h3-10H,1-2H3,(H,18,19)/b17-10+. The van der Waals surface area contributed by atoms with E-state index >= 15 is 0 Å². The molecule has 21 heavy (non-hydrogen) atoms. The summed E-state index contributed by atoms with van der Waals surface area (Å²) in [4.78, 5) is 15.9. The Morgan fingerprint density at radius 1 is 1.14 bits per heavy atom. The third-order valence-electron chi connectivity index (χ3n) is 2.73. The van der Waals surface area contributed by atoms with E-state index in [1.165, 1.54) is 14.2 Å². The van der Waals surface area contributed by atoms with E-state index < -0.39 is 0 Å². The van der Waals surface area contributed by atoms with Gasteiger partial charge in [-0.3, -0.25) is 9.78 Å². The normalized spacial score (nSPS) is 10.4. The fraction of sp³-hybridized carbons (Fsp3) is 0.133. The third kappa shape index (κ3) is 3.79. The number of carbonyl (C=O) groups is 1. The van der Waals surface area contributed by atoms with E-state index in [2.05, 4.69) is 15.5 Å². The van der Waals surface area contributed by atoms with Gasteiger partial charge in [-0.1, -0.05) is 0 Å². The largest absolute Gasteiger partial charge is 0.493 e. The highest BCUT2D eigenvalue weighted by atomic mass is 16.5. The molecular formula is C15H15N3O3. The molecule has 0 aliphatic carbocycles. The van der Waals surface area contributed by atoms with Gasteiger partial charge < -0.3 is 9.47 Å². The van der Waals surface area contributed by atoms with Gasteiger partial charge in [-0.15, -0.1) is 0 Å². The summed E-state index contributed by atoms with van der Waals surface area (Å²) in [6, 6.07) is 8.47. The monoisotopic (exact) mass is 285 g/mol. The molecule has 0 fully saturated rings. The topological polar surface area (TPSA) is 72.8 Å². The van der Waals surface area contributed by atoms with Crippen LogP contribution in [-0.2, 0) is 0 Å². The molecule has 0 atom stereocenters. The van der Waals surface area contributed by atoms with Gasteiger partial charge in [-0.25, -0.2) is 5.43 Å². The smallest absolute Gasteiger partial charge is 0.271 e. The molecule has 0 aliphatic rings. The zero-order valence-electron chi connectivity index (χ0n) is 11.7. The van der Waals surface area contributed by atoms with Crippen molar-refractivity contribution in [3.05, 3.63) is 53.9 Å². The summed E-state index contributed by atoms with van der Waals surface area (Å²) in [5, 5.41) is 3.89. The number of carbonyl (C=O) groups excluding carboxylic acids is 1. The van der Waals surface area contributed by atoms with Crippen molar-refractivity contribution in [1.82, 2.24) is 10.4 Å². The van der Waals surface area contributed by atoms with Crippen LogP contribution in [0.4, 0.5) is 0 Å². The molecule has 0 spiro atoms. The maximum atomic E-state index is 12.0. The Morgan fingerprint density at radius 2 is 1.86 bits per heavy atom. The van der Waals surface area contributed by atoms with Gasteiger partial charge in [0.1, 0.15) is 0 Å². The number of hydrogen-bond acceptors (Lipinski definition) is 5. The summed E-state index contributed by atoms with van der Waals surface area (Å²) < 4.78 is 10.3. The minimum atomic E-state index is -0.332. The molecule has 1 aromatic heterocycles. The number of rotatable bonds is 5. The minimum Gasteiger partial charge on any atom is -0.493 e. The number of hydrazone groups is 1. The Kier molecular flexibility index (Phi) is 4.87. The lowest BCUT2D eigenvalue weighted by molar-refractivity contribution is 0.0954. The Labute approximate surface area is 122 Å². The summed E-state index contributed by atoms with van der Waals surface area (Å²) in [6.07, 6.45) is 4.84. The number of amides is 1. The number of benzene rings is 1. The van der Waals surface area contributed by atoms with Gasteiger partial charge >= 0.3 is 0 Å². The van der Waals surface area contributed by atoms with Crippen molar-refractivity contribution in [2.75, 3.05) is 14.2 Å². The predicted octanol–water partition coefficient (Wildman–Crippen LogP) is 1.86. The van der Waals surface area contributed by atoms with Crippen molar-refractivity contribution < 1.29 is 14.3 Å². The SMILES string of the molecule is COc1ccc(C(=O)N/N=C/c2ccncc2)cc1OC. The van der Waals surface area contributed by atoms with Crippen LogP contribution in [0.3, 0.4) is 0 Å². The maximum Gasteiger partial charge on any atom is 0.271 e. The van der Waals surface area contributed by atoms with Crippen molar-refractivity contribution in [3.63, 3.8) is 0 Å². The number of nitrogens with one attached hydrogen (secondary N) is 1. The molecule has 1 amide bonds. The first-order valence-corrected chi connectivity index (χ1v) is 6.20. The second kappa shape index (κ2) is 7.04. The zero-order valence-corrected chi connectivity index (χ0v) is 11.7. The summed E-state index contributed by atoms with van der Waals surface area (Å²) >= 11 is 0. The van der Waals surface area contributed by atoms with Crippen molar-refractivity contribution in [1.29, 1.82) is 0 Å². The molecule has 1 N–H and O–H groups in total. The predicted molar refractivity (Wildman–Crippen MR) is 78.8 cm³/mol. The first-order valence-electron chi connectivity index (χ1n) is 6.20. The summed E-state index contributed by atoms with van der Waals surface area (Å²) in [7, 11) is 3.05. The van der Waals surface area contributed by atoms with Gasteiger partial charge in [0.15, 0.2) is 11.5 Å². The number of nitrogens with zero attached hydrogens (tertiary/aromatic N) is 2. The first-order chi connectivity index (χ1) is 10.2. The fourth-order valence-corrected chi connectivity index (χ4v) is 1.66. The summed E-state index contributed by atoms with van der Waals surface area (Å²) in [6.45, 7) is 0. The molecule has 2 rings (SSSR count). The van der Waals surface area contributed by atoms with Crippen LogP contribution in [0.2, 0.25) is 0 Å². The molecule has 1 heterocycles. The van der Waals surface area contributed by atoms with E-state index in [9.17, 15) is 4.79 Å². The average Bonchev–Trinajstić information content (AvgIpc) is 2.55. The van der Waals surface area contributed by atoms with Gasteiger partial charge in [0, 0.05) is 18.0 Å². The third-order valence-corrected chi connectivity index (χ3v) is 2.73. The molecule has 6 nitrogen and oxygen atoms in total. The van der Waals surface area contributed by atoms with E-state index in [0.29, 0.717) is 17.1 Å². The van der Waals surface area contributed by atoms with Crippen LogP contribution in [0, 0.1) is 0 Å². The average molecular weight is 285 g/mol. The van der Waals surface area contributed by atoms with E-state index in [1.54, 1.807) is 48.9 Å². The van der Waals surface area contributed by atoms with Gasteiger partial charge in [0.2, 0.25) is 0 Å². The van der Waals surface area contributed by atoms with E-state index in [4.69, 9.17) is 9.47 Å². The Morgan fingerprint density at radius 3 is 2.52 bits per heavy atom. The lowest BCUT2D eigenvalue weighted by atomic mass is 10.2. The number of aromatic nitrogens is 1.